The molecule has 1 heterocycles. The average molecular weight is 360 g/mol. The molecular weight excluding hydrogens is 339 g/mol. The Labute approximate surface area is 149 Å². The Morgan fingerprint density at radius 1 is 1.27 bits per heavy atom. The molecular formula is C18H21FN4O3. The first-order valence-electron chi connectivity index (χ1n) is 8.55. The van der Waals surface area contributed by atoms with Crippen molar-refractivity contribution < 1.29 is 9.50 Å². The summed E-state index contributed by atoms with van der Waals surface area (Å²) in [5.41, 5.74) is 5.09. The van der Waals surface area contributed by atoms with E-state index in [0.717, 1.165) is 30.3 Å². The van der Waals surface area contributed by atoms with Crippen LogP contribution in [0.2, 0.25) is 0 Å². The van der Waals surface area contributed by atoms with Crippen LogP contribution in [0.4, 0.5) is 4.39 Å². The molecule has 2 aromatic rings. The van der Waals surface area contributed by atoms with Gasteiger partial charge in [-0.1, -0.05) is 25.0 Å². The van der Waals surface area contributed by atoms with E-state index in [1.807, 2.05) is 0 Å². The highest BCUT2D eigenvalue weighted by atomic mass is 19.1. The Morgan fingerprint density at radius 3 is 2.65 bits per heavy atom. The largest absolute Gasteiger partial charge is 0.494 e. The Balaban J connectivity index is 1.92. The van der Waals surface area contributed by atoms with Gasteiger partial charge >= 0.3 is 5.69 Å². The topological polar surface area (TPSA) is 113 Å². The molecule has 1 aliphatic carbocycles. The number of benzene rings is 1. The van der Waals surface area contributed by atoms with E-state index in [0.29, 0.717) is 5.56 Å². The van der Waals surface area contributed by atoms with Crippen LogP contribution in [0.5, 0.6) is 5.88 Å². The van der Waals surface area contributed by atoms with Crippen LogP contribution in [0.1, 0.15) is 36.8 Å². The summed E-state index contributed by atoms with van der Waals surface area (Å²) in [5.74, 6) is -0.875. The molecule has 0 saturated heterocycles. The molecule has 0 radical (unpaired) electrons. The van der Waals surface area contributed by atoms with Crippen LogP contribution in [-0.2, 0) is 6.54 Å². The quantitative estimate of drug-likeness (QED) is 0.709. The molecule has 4 N–H and O–H groups in total. The summed E-state index contributed by atoms with van der Waals surface area (Å²) in [7, 11) is 0. The first-order chi connectivity index (χ1) is 12.5. The molecule has 0 amide bonds. The lowest BCUT2D eigenvalue weighted by Crippen LogP contribution is -2.36. The zero-order valence-corrected chi connectivity index (χ0v) is 14.2. The fourth-order valence-corrected chi connectivity index (χ4v) is 3.11. The maximum Gasteiger partial charge on any atom is 0.331 e. The maximum absolute atomic E-state index is 13.0. The maximum atomic E-state index is 13.0. The van der Waals surface area contributed by atoms with Crippen LogP contribution < -0.4 is 17.0 Å². The number of hydrogen-bond acceptors (Lipinski definition) is 5. The van der Waals surface area contributed by atoms with Gasteiger partial charge in [0.15, 0.2) is 0 Å². The first-order valence-corrected chi connectivity index (χ1v) is 8.55. The fourth-order valence-electron chi connectivity index (χ4n) is 3.11. The van der Waals surface area contributed by atoms with Gasteiger partial charge in [0, 0.05) is 12.3 Å². The number of aromatic hydroxyl groups is 1. The van der Waals surface area contributed by atoms with Crippen molar-refractivity contribution in [3.05, 3.63) is 62.0 Å². The van der Waals surface area contributed by atoms with Gasteiger partial charge in [-0.05, 0) is 30.5 Å². The van der Waals surface area contributed by atoms with E-state index in [1.165, 1.54) is 30.5 Å². The summed E-state index contributed by atoms with van der Waals surface area (Å²) in [6.45, 7) is -0.00842. The minimum absolute atomic E-state index is 0.00842. The molecule has 1 saturated carbocycles. The predicted molar refractivity (Wildman–Crippen MR) is 96.3 cm³/mol. The molecule has 26 heavy (non-hydrogen) atoms. The molecule has 1 fully saturated rings. The first kappa shape index (κ1) is 18.1. The molecule has 0 spiro atoms. The zero-order valence-electron chi connectivity index (χ0n) is 14.2. The standard InChI is InChI=1S/C18H21FN4O3/c19-12-7-5-11(6-8-12)10-23-17(25)13(16(24)22-18(23)26)9-21-15-4-2-1-3-14(15)20/h5-9,14-15,25H,1-4,10,20H2,(H,22,24,26)/t14-,15-/m1/s1. The van der Waals surface area contributed by atoms with E-state index >= 15 is 0 Å². The second-order valence-electron chi connectivity index (χ2n) is 6.50. The van der Waals surface area contributed by atoms with Gasteiger partial charge in [-0.3, -0.25) is 19.3 Å². The smallest absolute Gasteiger partial charge is 0.331 e. The van der Waals surface area contributed by atoms with Crippen molar-refractivity contribution in [2.75, 3.05) is 0 Å². The van der Waals surface area contributed by atoms with Crippen molar-refractivity contribution in [2.45, 2.75) is 44.3 Å². The van der Waals surface area contributed by atoms with Crippen LogP contribution in [0.15, 0.2) is 38.8 Å². The molecule has 0 aliphatic heterocycles. The van der Waals surface area contributed by atoms with Gasteiger partial charge in [-0.2, -0.15) is 0 Å². The summed E-state index contributed by atoms with van der Waals surface area (Å²) < 4.78 is 14.0. The third-order valence-electron chi connectivity index (χ3n) is 4.64. The van der Waals surface area contributed by atoms with Crippen molar-refractivity contribution in [1.29, 1.82) is 0 Å². The molecule has 3 rings (SSSR count). The van der Waals surface area contributed by atoms with E-state index in [9.17, 15) is 19.1 Å². The monoisotopic (exact) mass is 360 g/mol. The van der Waals surface area contributed by atoms with Gasteiger partial charge in [0.1, 0.15) is 11.4 Å². The highest BCUT2D eigenvalue weighted by Crippen LogP contribution is 2.20. The number of nitrogens with one attached hydrogen (secondary N) is 1. The number of aromatic amines is 1. The van der Waals surface area contributed by atoms with Gasteiger partial charge in [-0.25, -0.2) is 9.18 Å². The Hall–Kier alpha value is -2.74. The van der Waals surface area contributed by atoms with Crippen LogP contribution in [0.3, 0.4) is 0 Å². The zero-order chi connectivity index (χ0) is 18.7. The number of H-pyrrole nitrogens is 1. The molecule has 1 aromatic carbocycles. The fraction of sp³-hybridized carbons (Fsp3) is 0.389. The highest BCUT2D eigenvalue weighted by Gasteiger charge is 2.21. The van der Waals surface area contributed by atoms with Crippen LogP contribution in [0, 0.1) is 5.82 Å². The summed E-state index contributed by atoms with van der Waals surface area (Å²) in [6, 6.07) is 5.33. The molecule has 0 bridgehead atoms. The SMILES string of the molecule is N[C@@H]1CCCC[C@H]1N=Cc1c(O)n(Cc2ccc(F)cc2)c(=O)[nH]c1=O. The number of aromatic nitrogens is 2. The minimum Gasteiger partial charge on any atom is -0.494 e. The summed E-state index contributed by atoms with van der Waals surface area (Å²) in [6.07, 6.45) is 5.05. The number of rotatable bonds is 4. The highest BCUT2D eigenvalue weighted by molar-refractivity contribution is 5.82. The number of hydrogen-bond donors (Lipinski definition) is 3. The van der Waals surface area contributed by atoms with E-state index in [-0.39, 0.29) is 24.2 Å². The van der Waals surface area contributed by atoms with Gasteiger partial charge in [0.2, 0.25) is 5.88 Å². The molecule has 7 nitrogen and oxygen atoms in total. The van der Waals surface area contributed by atoms with Gasteiger partial charge in [0.25, 0.3) is 5.56 Å². The minimum atomic E-state index is -0.747. The number of aliphatic imine (C=N–C) groups is 1. The molecule has 0 unspecified atom stereocenters. The molecule has 1 aromatic heterocycles. The Kier molecular flexibility index (Phi) is 5.32. The van der Waals surface area contributed by atoms with Gasteiger partial charge in [-0.15, -0.1) is 0 Å². The van der Waals surface area contributed by atoms with Crippen LogP contribution in [-0.4, -0.2) is 33.0 Å². The number of nitrogens with two attached hydrogens (primary N) is 1. The molecule has 138 valence electrons. The second kappa shape index (κ2) is 7.65. The summed E-state index contributed by atoms with van der Waals surface area (Å²) in [4.78, 5) is 30.6. The van der Waals surface area contributed by atoms with E-state index in [1.54, 1.807) is 0 Å². The van der Waals surface area contributed by atoms with Crippen LogP contribution >= 0.6 is 0 Å². The summed E-state index contributed by atoms with van der Waals surface area (Å²) in [5, 5.41) is 10.4. The van der Waals surface area contributed by atoms with Gasteiger partial charge in [0.05, 0.1) is 12.6 Å². The molecule has 8 heteroatoms. The Bertz CT molecular complexity index is 918. The lowest BCUT2D eigenvalue weighted by atomic mass is 9.91. The Morgan fingerprint density at radius 2 is 1.96 bits per heavy atom. The molecule has 1 aliphatic rings. The van der Waals surface area contributed by atoms with E-state index in [2.05, 4.69) is 9.98 Å². The normalized spacial score (nSPS) is 20.5. The average Bonchev–Trinajstić information content (AvgIpc) is 2.61. The molecule has 2 atom stereocenters. The van der Waals surface area contributed by atoms with E-state index in [4.69, 9.17) is 5.73 Å². The van der Waals surface area contributed by atoms with Crippen molar-refractivity contribution in [3.8, 4) is 5.88 Å². The van der Waals surface area contributed by atoms with Crippen molar-refractivity contribution in [1.82, 2.24) is 9.55 Å². The summed E-state index contributed by atoms with van der Waals surface area (Å²) >= 11 is 0. The van der Waals surface area contributed by atoms with Crippen molar-refractivity contribution >= 4 is 6.21 Å². The lowest BCUT2D eigenvalue weighted by molar-refractivity contribution is 0.386. The number of nitrogens with zero attached hydrogens (tertiary/aromatic N) is 2. The second-order valence-corrected chi connectivity index (χ2v) is 6.50. The van der Waals surface area contributed by atoms with E-state index < -0.39 is 22.9 Å². The van der Waals surface area contributed by atoms with Gasteiger partial charge < -0.3 is 10.8 Å². The third kappa shape index (κ3) is 3.91. The number of halogens is 1. The van der Waals surface area contributed by atoms with Crippen molar-refractivity contribution in [3.63, 3.8) is 0 Å². The lowest BCUT2D eigenvalue weighted by Gasteiger charge is -2.24. The predicted octanol–water partition coefficient (Wildman–Crippen LogP) is 1.12. The van der Waals surface area contributed by atoms with Crippen molar-refractivity contribution in [2.24, 2.45) is 10.7 Å². The van der Waals surface area contributed by atoms with Crippen LogP contribution in [0.25, 0.3) is 0 Å². The third-order valence-corrected chi connectivity index (χ3v) is 4.64.